The highest BCUT2D eigenvalue weighted by Crippen LogP contribution is 2.32. The molecule has 0 rings (SSSR count). The van der Waals surface area contributed by atoms with Gasteiger partial charge < -0.3 is 0 Å². The maximum Gasteiger partial charge on any atom is 0.267 e. The Morgan fingerprint density at radius 3 is 1.75 bits per heavy atom. The topological polar surface area (TPSA) is 17.1 Å². The number of hydrogen-bond donors (Lipinski definition) is 0. The summed E-state index contributed by atoms with van der Waals surface area (Å²) in [6.07, 6.45) is 13.7. The molecule has 0 bridgehead atoms. The fourth-order valence-corrected chi connectivity index (χ4v) is 3.80. The van der Waals surface area contributed by atoms with Gasteiger partial charge in [-0.1, -0.05) is 103 Å². The van der Waals surface area contributed by atoms with Crippen molar-refractivity contribution >= 4 is 37.6 Å². The van der Waals surface area contributed by atoms with Crippen molar-refractivity contribution in [3.05, 3.63) is 0 Å². The normalized spacial score (nSPS) is 13.2. The fraction of sp³-hybridized carbons (Fsp3) is 0.947. The third kappa shape index (κ3) is 11.9. The zero-order chi connectivity index (χ0) is 18.3. The summed E-state index contributed by atoms with van der Waals surface area (Å²) in [5.74, 6) is -4.38. The summed E-state index contributed by atoms with van der Waals surface area (Å²) in [6.45, 7) is 2.23. The SMILES string of the molecule is CCCCCCCCCCCCCC(=O)C(CCBr)C(F)(F)CBr. The minimum Gasteiger partial charge on any atom is -0.299 e. The molecule has 24 heavy (non-hydrogen) atoms. The Labute approximate surface area is 164 Å². The molecule has 0 aromatic heterocycles. The molecule has 0 fully saturated rings. The van der Waals surface area contributed by atoms with E-state index in [0.717, 1.165) is 19.3 Å². The molecule has 0 aromatic carbocycles. The smallest absolute Gasteiger partial charge is 0.267 e. The van der Waals surface area contributed by atoms with E-state index in [1.165, 1.54) is 51.4 Å². The van der Waals surface area contributed by atoms with Crippen molar-refractivity contribution in [1.29, 1.82) is 0 Å². The van der Waals surface area contributed by atoms with Crippen LogP contribution < -0.4 is 0 Å². The van der Waals surface area contributed by atoms with Crippen LogP contribution in [0.25, 0.3) is 0 Å². The highest BCUT2D eigenvalue weighted by molar-refractivity contribution is 9.09. The first-order valence-electron chi connectivity index (χ1n) is 9.52. The van der Waals surface area contributed by atoms with E-state index >= 15 is 0 Å². The van der Waals surface area contributed by atoms with Crippen LogP contribution in [0, 0.1) is 5.92 Å². The summed E-state index contributed by atoms with van der Waals surface area (Å²) in [6, 6.07) is 0. The average molecular weight is 476 g/mol. The van der Waals surface area contributed by atoms with E-state index in [4.69, 9.17) is 0 Å². The first kappa shape index (κ1) is 24.5. The van der Waals surface area contributed by atoms with Gasteiger partial charge >= 0.3 is 0 Å². The number of alkyl halides is 4. The van der Waals surface area contributed by atoms with Crippen LogP contribution in [0.1, 0.15) is 90.4 Å². The number of carbonyl (C=O) groups is 1. The number of Topliss-reactive ketones (excluding diaryl/α,β-unsaturated/α-hetero) is 1. The molecule has 0 N–H and O–H groups in total. The maximum absolute atomic E-state index is 13.8. The monoisotopic (exact) mass is 474 g/mol. The van der Waals surface area contributed by atoms with Gasteiger partial charge in [0.05, 0.1) is 11.2 Å². The minimum absolute atomic E-state index is 0.204. The van der Waals surface area contributed by atoms with E-state index in [1.807, 2.05) is 0 Å². The Kier molecular flexibility index (Phi) is 16.0. The van der Waals surface area contributed by atoms with Crippen LogP contribution in [0.3, 0.4) is 0 Å². The summed E-state index contributed by atoms with van der Waals surface area (Å²) in [5.41, 5.74) is 0. The van der Waals surface area contributed by atoms with Gasteiger partial charge in [0.25, 0.3) is 5.92 Å². The average Bonchev–Trinajstić information content (AvgIpc) is 2.57. The molecular formula is C19H34Br2F2O. The molecular weight excluding hydrogens is 442 g/mol. The van der Waals surface area contributed by atoms with Crippen molar-refractivity contribution in [1.82, 2.24) is 0 Å². The first-order valence-corrected chi connectivity index (χ1v) is 11.8. The first-order chi connectivity index (χ1) is 11.5. The Hall–Kier alpha value is 0.490. The molecule has 0 aliphatic heterocycles. The molecule has 0 spiro atoms. The lowest BCUT2D eigenvalue weighted by Crippen LogP contribution is -2.36. The van der Waals surface area contributed by atoms with E-state index in [9.17, 15) is 13.6 Å². The van der Waals surface area contributed by atoms with Gasteiger partial charge in [-0.25, -0.2) is 8.78 Å². The molecule has 1 atom stereocenters. The number of carbonyl (C=O) groups excluding carboxylic acids is 1. The van der Waals surface area contributed by atoms with E-state index in [0.29, 0.717) is 5.33 Å². The van der Waals surface area contributed by atoms with E-state index < -0.39 is 17.2 Å². The molecule has 144 valence electrons. The van der Waals surface area contributed by atoms with E-state index in [-0.39, 0.29) is 18.6 Å². The number of rotatable bonds is 17. The molecule has 0 saturated heterocycles. The summed E-state index contributed by atoms with van der Waals surface area (Å²) >= 11 is 6.00. The zero-order valence-electron chi connectivity index (χ0n) is 15.1. The van der Waals surface area contributed by atoms with Gasteiger partial charge in [-0.15, -0.1) is 0 Å². The minimum atomic E-state index is -2.94. The summed E-state index contributed by atoms with van der Waals surface area (Å²) < 4.78 is 27.6. The van der Waals surface area contributed by atoms with Gasteiger partial charge in [0.15, 0.2) is 0 Å². The fourth-order valence-electron chi connectivity index (χ4n) is 2.95. The van der Waals surface area contributed by atoms with Gasteiger partial charge in [-0.05, 0) is 12.8 Å². The molecule has 5 heteroatoms. The largest absolute Gasteiger partial charge is 0.299 e. The van der Waals surface area contributed by atoms with Crippen LogP contribution in [0.2, 0.25) is 0 Å². The third-order valence-electron chi connectivity index (χ3n) is 4.50. The lowest BCUT2D eigenvalue weighted by atomic mass is 9.91. The van der Waals surface area contributed by atoms with Crippen molar-refractivity contribution in [3.63, 3.8) is 0 Å². The number of ketones is 1. The standard InChI is InChI=1S/C19H34Br2F2O/c1-2-3-4-5-6-7-8-9-10-11-12-13-18(24)17(14-15-20)19(22,23)16-21/h17H,2-16H2,1H3. The van der Waals surface area contributed by atoms with Crippen LogP contribution in [0.15, 0.2) is 0 Å². The zero-order valence-corrected chi connectivity index (χ0v) is 18.3. The van der Waals surface area contributed by atoms with Crippen LogP contribution in [0.5, 0.6) is 0 Å². The van der Waals surface area contributed by atoms with Gasteiger partial charge in [0.1, 0.15) is 5.78 Å². The number of halogens is 4. The molecule has 1 unspecified atom stereocenters. The predicted molar refractivity (Wildman–Crippen MR) is 107 cm³/mol. The van der Waals surface area contributed by atoms with Crippen molar-refractivity contribution in [2.24, 2.45) is 5.92 Å². The Morgan fingerprint density at radius 2 is 1.33 bits per heavy atom. The molecule has 0 saturated carbocycles. The highest BCUT2D eigenvalue weighted by Gasteiger charge is 2.41. The lowest BCUT2D eigenvalue weighted by molar-refractivity contribution is -0.134. The predicted octanol–water partition coefficient (Wildman–Crippen LogP) is 7.69. The Balaban J connectivity index is 3.70. The van der Waals surface area contributed by atoms with Gasteiger partial charge in [0.2, 0.25) is 0 Å². The van der Waals surface area contributed by atoms with E-state index in [1.54, 1.807) is 0 Å². The van der Waals surface area contributed by atoms with Crippen LogP contribution in [-0.2, 0) is 4.79 Å². The second kappa shape index (κ2) is 15.7. The second-order valence-electron chi connectivity index (χ2n) is 6.68. The summed E-state index contributed by atoms with van der Waals surface area (Å²) in [4.78, 5) is 12.1. The van der Waals surface area contributed by atoms with Crippen molar-refractivity contribution < 1.29 is 13.6 Å². The van der Waals surface area contributed by atoms with E-state index in [2.05, 4.69) is 38.8 Å². The van der Waals surface area contributed by atoms with Gasteiger partial charge in [-0.3, -0.25) is 4.79 Å². The molecule has 0 radical (unpaired) electrons. The number of hydrogen-bond acceptors (Lipinski definition) is 1. The summed E-state index contributed by atoms with van der Waals surface area (Å²) in [5, 5.41) is -0.00802. The third-order valence-corrected chi connectivity index (χ3v) is 5.71. The quantitative estimate of drug-likeness (QED) is 0.155. The summed E-state index contributed by atoms with van der Waals surface area (Å²) in [7, 11) is 0. The Morgan fingerprint density at radius 1 is 0.875 bits per heavy atom. The lowest BCUT2D eigenvalue weighted by Gasteiger charge is -2.23. The Bertz CT molecular complexity index is 312. The van der Waals surface area contributed by atoms with Crippen molar-refractivity contribution in [2.75, 3.05) is 10.7 Å². The molecule has 0 heterocycles. The maximum atomic E-state index is 13.8. The second-order valence-corrected chi connectivity index (χ2v) is 8.03. The van der Waals surface area contributed by atoms with Crippen LogP contribution in [0.4, 0.5) is 8.78 Å². The van der Waals surface area contributed by atoms with Crippen molar-refractivity contribution in [3.8, 4) is 0 Å². The molecule has 0 aliphatic rings. The van der Waals surface area contributed by atoms with Crippen LogP contribution in [-0.4, -0.2) is 22.4 Å². The molecule has 0 aliphatic carbocycles. The highest BCUT2D eigenvalue weighted by atomic mass is 79.9. The molecule has 1 nitrogen and oxygen atoms in total. The molecule has 0 amide bonds. The molecule has 0 aromatic rings. The van der Waals surface area contributed by atoms with Gasteiger partial charge in [0, 0.05) is 11.8 Å². The van der Waals surface area contributed by atoms with Gasteiger partial charge in [-0.2, -0.15) is 0 Å². The van der Waals surface area contributed by atoms with Crippen molar-refractivity contribution in [2.45, 2.75) is 96.3 Å². The van der Waals surface area contributed by atoms with Crippen LogP contribution >= 0.6 is 31.9 Å². The number of unbranched alkanes of at least 4 members (excludes halogenated alkanes) is 10.